The molecular formula is C15H15ClN2O3S. The first-order valence-corrected chi connectivity index (χ1v) is 8.24. The first-order chi connectivity index (χ1) is 10.3. The number of primary amides is 1. The summed E-state index contributed by atoms with van der Waals surface area (Å²) in [5, 5.41) is 0.508. The molecule has 5 nitrogen and oxygen atoms in total. The van der Waals surface area contributed by atoms with Gasteiger partial charge in [-0.25, -0.2) is 8.42 Å². The van der Waals surface area contributed by atoms with Gasteiger partial charge in [-0.3, -0.25) is 4.79 Å². The Kier molecular flexibility index (Phi) is 4.85. The molecule has 2 aromatic carbocycles. The van der Waals surface area contributed by atoms with E-state index in [-0.39, 0.29) is 17.0 Å². The lowest BCUT2D eigenvalue weighted by Crippen LogP contribution is -2.26. The average molecular weight is 339 g/mol. The SMILES string of the molecule is CN(Cc1ccccc1Cl)S(=O)(=O)c1ccc(C(N)=O)cc1. The minimum Gasteiger partial charge on any atom is -0.366 e. The molecule has 1 amide bonds. The van der Waals surface area contributed by atoms with Crippen molar-refractivity contribution in [2.45, 2.75) is 11.4 Å². The van der Waals surface area contributed by atoms with Gasteiger partial charge in [0, 0.05) is 24.2 Å². The molecule has 116 valence electrons. The van der Waals surface area contributed by atoms with E-state index in [0.29, 0.717) is 10.6 Å². The molecule has 0 aliphatic heterocycles. The van der Waals surface area contributed by atoms with Gasteiger partial charge in [0.05, 0.1) is 4.90 Å². The number of carbonyl (C=O) groups is 1. The molecule has 0 aliphatic rings. The van der Waals surface area contributed by atoms with Gasteiger partial charge in [0.25, 0.3) is 0 Å². The van der Waals surface area contributed by atoms with Gasteiger partial charge in [0.15, 0.2) is 0 Å². The molecule has 0 atom stereocenters. The fourth-order valence-electron chi connectivity index (χ4n) is 1.92. The van der Waals surface area contributed by atoms with Gasteiger partial charge in [-0.1, -0.05) is 29.8 Å². The second-order valence-electron chi connectivity index (χ2n) is 4.74. The molecule has 0 unspecified atom stereocenters. The van der Waals surface area contributed by atoms with E-state index in [1.165, 1.54) is 35.6 Å². The number of rotatable bonds is 5. The van der Waals surface area contributed by atoms with Gasteiger partial charge >= 0.3 is 0 Å². The van der Waals surface area contributed by atoms with Crippen LogP contribution < -0.4 is 5.73 Å². The Balaban J connectivity index is 2.26. The molecule has 0 aromatic heterocycles. The highest BCUT2D eigenvalue weighted by molar-refractivity contribution is 7.89. The summed E-state index contributed by atoms with van der Waals surface area (Å²) in [5.41, 5.74) is 6.11. The molecule has 0 radical (unpaired) electrons. The second-order valence-corrected chi connectivity index (χ2v) is 7.19. The molecule has 0 heterocycles. The normalized spacial score (nSPS) is 11.6. The van der Waals surface area contributed by atoms with Crippen LogP contribution in [0.4, 0.5) is 0 Å². The van der Waals surface area contributed by atoms with Crippen molar-refractivity contribution >= 4 is 27.5 Å². The second kappa shape index (κ2) is 6.48. The lowest BCUT2D eigenvalue weighted by molar-refractivity contribution is 0.1000. The van der Waals surface area contributed by atoms with Crippen LogP contribution in [-0.4, -0.2) is 25.7 Å². The predicted molar refractivity (Wildman–Crippen MR) is 85.1 cm³/mol. The summed E-state index contributed by atoms with van der Waals surface area (Å²) in [6, 6.07) is 12.5. The summed E-state index contributed by atoms with van der Waals surface area (Å²) >= 11 is 6.05. The maximum absolute atomic E-state index is 12.5. The Morgan fingerprint density at radius 1 is 1.14 bits per heavy atom. The largest absolute Gasteiger partial charge is 0.366 e. The topological polar surface area (TPSA) is 80.5 Å². The van der Waals surface area contributed by atoms with Crippen molar-refractivity contribution < 1.29 is 13.2 Å². The first kappa shape index (κ1) is 16.5. The predicted octanol–water partition coefficient (Wildman–Crippen LogP) is 2.26. The van der Waals surface area contributed by atoms with Gasteiger partial charge < -0.3 is 5.73 Å². The summed E-state index contributed by atoms with van der Waals surface area (Å²) in [5.74, 6) is -0.603. The average Bonchev–Trinajstić information content (AvgIpc) is 2.49. The van der Waals surface area contributed by atoms with E-state index in [0.717, 1.165) is 0 Å². The van der Waals surface area contributed by atoms with Gasteiger partial charge in [0.2, 0.25) is 15.9 Å². The Labute approximate surface area is 134 Å². The van der Waals surface area contributed by atoms with Crippen LogP contribution in [-0.2, 0) is 16.6 Å². The van der Waals surface area contributed by atoms with Crippen LogP contribution in [0, 0.1) is 0 Å². The molecule has 7 heteroatoms. The molecule has 0 fully saturated rings. The summed E-state index contributed by atoms with van der Waals surface area (Å²) in [6.45, 7) is 0.152. The highest BCUT2D eigenvalue weighted by Crippen LogP contribution is 2.21. The number of hydrogen-bond donors (Lipinski definition) is 1. The van der Waals surface area contributed by atoms with Crippen molar-refractivity contribution in [3.63, 3.8) is 0 Å². The smallest absolute Gasteiger partial charge is 0.248 e. The van der Waals surface area contributed by atoms with Crippen LogP contribution in [0.5, 0.6) is 0 Å². The van der Waals surface area contributed by atoms with Gasteiger partial charge in [-0.2, -0.15) is 4.31 Å². The molecule has 22 heavy (non-hydrogen) atoms. The highest BCUT2D eigenvalue weighted by Gasteiger charge is 2.21. The van der Waals surface area contributed by atoms with Crippen molar-refractivity contribution in [2.24, 2.45) is 5.73 Å². The molecule has 0 saturated carbocycles. The van der Waals surface area contributed by atoms with Crippen molar-refractivity contribution in [3.05, 3.63) is 64.7 Å². The Hall–Kier alpha value is -1.89. The standard InChI is InChI=1S/C15H15ClN2O3S/c1-18(10-12-4-2-3-5-14(12)16)22(20,21)13-8-6-11(7-9-13)15(17)19/h2-9H,10H2,1H3,(H2,17,19). The van der Waals surface area contributed by atoms with Crippen LogP contribution in [0.1, 0.15) is 15.9 Å². The summed E-state index contributed by atoms with van der Waals surface area (Å²) in [7, 11) is -2.20. The monoisotopic (exact) mass is 338 g/mol. The van der Waals surface area contributed by atoms with Crippen LogP contribution >= 0.6 is 11.6 Å². The van der Waals surface area contributed by atoms with E-state index < -0.39 is 15.9 Å². The number of carbonyl (C=O) groups excluding carboxylic acids is 1. The minimum atomic E-state index is -3.67. The first-order valence-electron chi connectivity index (χ1n) is 6.42. The van der Waals surface area contributed by atoms with Gasteiger partial charge in [-0.15, -0.1) is 0 Å². The third-order valence-electron chi connectivity index (χ3n) is 3.20. The highest BCUT2D eigenvalue weighted by atomic mass is 35.5. The number of nitrogens with zero attached hydrogens (tertiary/aromatic N) is 1. The van der Waals surface area contributed by atoms with Gasteiger partial charge in [-0.05, 0) is 35.9 Å². The third-order valence-corrected chi connectivity index (χ3v) is 5.38. The number of amides is 1. The number of nitrogens with two attached hydrogens (primary N) is 1. The zero-order valence-electron chi connectivity index (χ0n) is 11.9. The molecule has 0 bridgehead atoms. The summed E-state index contributed by atoms with van der Waals surface area (Å²) < 4.78 is 26.2. The van der Waals surface area contributed by atoms with E-state index in [4.69, 9.17) is 17.3 Å². The molecule has 0 aliphatic carbocycles. The molecule has 0 spiro atoms. The molecule has 2 N–H and O–H groups in total. The summed E-state index contributed by atoms with van der Waals surface area (Å²) in [6.07, 6.45) is 0. The minimum absolute atomic E-state index is 0.0899. The van der Waals surface area contributed by atoms with Crippen molar-refractivity contribution in [3.8, 4) is 0 Å². The van der Waals surface area contributed by atoms with E-state index in [1.807, 2.05) is 0 Å². The van der Waals surface area contributed by atoms with E-state index in [2.05, 4.69) is 0 Å². The van der Waals surface area contributed by atoms with Crippen LogP contribution in [0.15, 0.2) is 53.4 Å². The van der Waals surface area contributed by atoms with E-state index in [9.17, 15) is 13.2 Å². The number of hydrogen-bond acceptors (Lipinski definition) is 3. The van der Waals surface area contributed by atoms with Crippen LogP contribution in [0.3, 0.4) is 0 Å². The van der Waals surface area contributed by atoms with E-state index >= 15 is 0 Å². The Bertz CT molecular complexity index is 789. The Morgan fingerprint density at radius 3 is 2.27 bits per heavy atom. The fraction of sp³-hybridized carbons (Fsp3) is 0.133. The number of sulfonamides is 1. The molecular weight excluding hydrogens is 324 g/mol. The zero-order valence-corrected chi connectivity index (χ0v) is 13.4. The van der Waals surface area contributed by atoms with Crippen molar-refractivity contribution in [2.75, 3.05) is 7.05 Å². The number of benzene rings is 2. The van der Waals surface area contributed by atoms with E-state index in [1.54, 1.807) is 24.3 Å². The maximum Gasteiger partial charge on any atom is 0.248 e. The maximum atomic E-state index is 12.5. The lowest BCUT2D eigenvalue weighted by atomic mass is 10.2. The van der Waals surface area contributed by atoms with Crippen molar-refractivity contribution in [1.82, 2.24) is 4.31 Å². The van der Waals surface area contributed by atoms with Crippen molar-refractivity contribution in [1.29, 1.82) is 0 Å². The summed E-state index contributed by atoms with van der Waals surface area (Å²) in [4.78, 5) is 11.1. The quantitative estimate of drug-likeness (QED) is 0.908. The van der Waals surface area contributed by atoms with Crippen LogP contribution in [0.25, 0.3) is 0 Å². The van der Waals surface area contributed by atoms with Gasteiger partial charge in [0.1, 0.15) is 0 Å². The lowest BCUT2D eigenvalue weighted by Gasteiger charge is -2.18. The molecule has 0 saturated heterocycles. The molecule has 2 aromatic rings. The van der Waals surface area contributed by atoms with Crippen LogP contribution in [0.2, 0.25) is 5.02 Å². The zero-order chi connectivity index (χ0) is 16.3. The third kappa shape index (κ3) is 3.47. The number of halogens is 1. The Morgan fingerprint density at radius 2 is 1.73 bits per heavy atom. The molecule has 2 rings (SSSR count). The fourth-order valence-corrected chi connectivity index (χ4v) is 3.27.